The van der Waals surface area contributed by atoms with Gasteiger partial charge in [0, 0.05) is 18.6 Å². The first-order chi connectivity index (χ1) is 4.86. The SMILES string of the molecule is C[C@@H]1CNC[C@H]1NC1CC1. The van der Waals surface area contributed by atoms with Crippen molar-refractivity contribution in [3.8, 4) is 0 Å². The number of hydrogen-bond donors (Lipinski definition) is 2. The van der Waals surface area contributed by atoms with E-state index in [4.69, 9.17) is 0 Å². The molecule has 0 bridgehead atoms. The van der Waals surface area contributed by atoms with Gasteiger partial charge in [0.2, 0.25) is 0 Å². The van der Waals surface area contributed by atoms with Gasteiger partial charge < -0.3 is 10.6 Å². The Morgan fingerprint density at radius 1 is 1.30 bits per heavy atom. The summed E-state index contributed by atoms with van der Waals surface area (Å²) >= 11 is 0. The molecule has 0 unspecified atom stereocenters. The molecule has 0 aromatic carbocycles. The van der Waals surface area contributed by atoms with Crippen molar-refractivity contribution in [1.82, 2.24) is 10.6 Å². The van der Waals surface area contributed by atoms with Gasteiger partial charge in [-0.3, -0.25) is 0 Å². The van der Waals surface area contributed by atoms with Crippen LogP contribution in [-0.2, 0) is 0 Å². The van der Waals surface area contributed by atoms with Crippen LogP contribution in [0.2, 0.25) is 0 Å². The topological polar surface area (TPSA) is 24.1 Å². The lowest BCUT2D eigenvalue weighted by Gasteiger charge is -2.14. The lowest BCUT2D eigenvalue weighted by atomic mass is 10.1. The molecule has 1 aliphatic carbocycles. The molecule has 2 aliphatic rings. The highest BCUT2D eigenvalue weighted by Gasteiger charge is 2.29. The summed E-state index contributed by atoms with van der Waals surface area (Å²) < 4.78 is 0. The first-order valence-electron chi connectivity index (χ1n) is 4.33. The fourth-order valence-corrected chi connectivity index (χ4v) is 1.59. The molecule has 2 heteroatoms. The van der Waals surface area contributed by atoms with Gasteiger partial charge in [-0.1, -0.05) is 6.92 Å². The molecule has 1 saturated heterocycles. The minimum absolute atomic E-state index is 0.757. The van der Waals surface area contributed by atoms with Crippen LogP contribution in [0.25, 0.3) is 0 Å². The summed E-state index contributed by atoms with van der Waals surface area (Å²) in [6.07, 6.45) is 2.81. The average Bonchev–Trinajstić information content (AvgIpc) is 2.62. The molecule has 0 aromatic rings. The monoisotopic (exact) mass is 140 g/mol. The highest BCUT2D eigenvalue weighted by Crippen LogP contribution is 2.21. The fraction of sp³-hybridized carbons (Fsp3) is 1.00. The van der Waals surface area contributed by atoms with E-state index in [1.165, 1.54) is 25.9 Å². The van der Waals surface area contributed by atoms with Crippen molar-refractivity contribution < 1.29 is 0 Å². The molecule has 2 fully saturated rings. The Balaban J connectivity index is 1.79. The van der Waals surface area contributed by atoms with Gasteiger partial charge in [-0.2, -0.15) is 0 Å². The lowest BCUT2D eigenvalue weighted by Crippen LogP contribution is -2.36. The van der Waals surface area contributed by atoms with E-state index >= 15 is 0 Å². The molecule has 1 saturated carbocycles. The second kappa shape index (κ2) is 2.51. The Morgan fingerprint density at radius 3 is 2.60 bits per heavy atom. The quantitative estimate of drug-likeness (QED) is 0.578. The van der Waals surface area contributed by atoms with Crippen LogP contribution in [0, 0.1) is 5.92 Å². The lowest BCUT2D eigenvalue weighted by molar-refractivity contribution is 0.451. The van der Waals surface area contributed by atoms with E-state index in [9.17, 15) is 0 Å². The predicted molar refractivity (Wildman–Crippen MR) is 42.0 cm³/mol. The molecule has 0 amide bonds. The molecule has 2 atom stereocenters. The first kappa shape index (κ1) is 6.62. The van der Waals surface area contributed by atoms with Crippen molar-refractivity contribution in [2.75, 3.05) is 13.1 Å². The van der Waals surface area contributed by atoms with Crippen molar-refractivity contribution in [1.29, 1.82) is 0 Å². The van der Waals surface area contributed by atoms with Crippen LogP contribution < -0.4 is 10.6 Å². The molecule has 10 heavy (non-hydrogen) atoms. The molecule has 2 nitrogen and oxygen atoms in total. The third-order valence-electron chi connectivity index (χ3n) is 2.54. The number of rotatable bonds is 2. The van der Waals surface area contributed by atoms with Gasteiger partial charge >= 0.3 is 0 Å². The Hall–Kier alpha value is -0.0800. The minimum atomic E-state index is 0.757. The smallest absolute Gasteiger partial charge is 0.0232 e. The summed E-state index contributed by atoms with van der Waals surface area (Å²) in [5, 5.41) is 7.03. The third-order valence-corrected chi connectivity index (χ3v) is 2.54. The molecule has 0 radical (unpaired) electrons. The highest BCUT2D eigenvalue weighted by atomic mass is 15.1. The van der Waals surface area contributed by atoms with Crippen molar-refractivity contribution in [3.05, 3.63) is 0 Å². The van der Waals surface area contributed by atoms with Crippen LogP contribution in [0.1, 0.15) is 19.8 Å². The average molecular weight is 140 g/mol. The van der Waals surface area contributed by atoms with Gasteiger partial charge in [0.05, 0.1) is 0 Å². The number of hydrogen-bond acceptors (Lipinski definition) is 2. The maximum atomic E-state index is 3.64. The molecule has 2 N–H and O–H groups in total. The van der Waals surface area contributed by atoms with Gasteiger partial charge in [-0.15, -0.1) is 0 Å². The van der Waals surface area contributed by atoms with E-state index in [0.717, 1.165) is 18.0 Å². The Kier molecular flexibility index (Phi) is 1.66. The van der Waals surface area contributed by atoms with Crippen LogP contribution in [0.5, 0.6) is 0 Å². The zero-order valence-corrected chi connectivity index (χ0v) is 6.56. The molecule has 58 valence electrons. The zero-order chi connectivity index (χ0) is 6.97. The largest absolute Gasteiger partial charge is 0.315 e. The van der Waals surface area contributed by atoms with Gasteiger partial charge in [0.25, 0.3) is 0 Å². The Labute approximate surface area is 62.4 Å². The van der Waals surface area contributed by atoms with E-state index in [-0.39, 0.29) is 0 Å². The summed E-state index contributed by atoms with van der Waals surface area (Å²) in [4.78, 5) is 0. The highest BCUT2D eigenvalue weighted by molar-refractivity contribution is 4.91. The van der Waals surface area contributed by atoms with Crippen LogP contribution >= 0.6 is 0 Å². The Morgan fingerprint density at radius 2 is 2.10 bits per heavy atom. The maximum Gasteiger partial charge on any atom is 0.0232 e. The van der Waals surface area contributed by atoms with Gasteiger partial charge in [-0.05, 0) is 25.3 Å². The zero-order valence-electron chi connectivity index (χ0n) is 6.56. The molecule has 2 rings (SSSR count). The number of nitrogens with one attached hydrogen (secondary N) is 2. The van der Waals surface area contributed by atoms with Crippen LogP contribution in [0.4, 0.5) is 0 Å². The van der Waals surface area contributed by atoms with Crippen LogP contribution in [-0.4, -0.2) is 25.2 Å². The maximum absolute atomic E-state index is 3.64. The summed E-state index contributed by atoms with van der Waals surface area (Å²) in [6.45, 7) is 4.70. The molecular formula is C8H16N2. The summed E-state index contributed by atoms with van der Waals surface area (Å²) in [5.74, 6) is 0.834. The first-order valence-corrected chi connectivity index (χ1v) is 4.33. The van der Waals surface area contributed by atoms with Gasteiger partial charge in [-0.25, -0.2) is 0 Å². The van der Waals surface area contributed by atoms with E-state index in [1.54, 1.807) is 0 Å². The molecule has 1 heterocycles. The van der Waals surface area contributed by atoms with Gasteiger partial charge in [0.15, 0.2) is 0 Å². The van der Waals surface area contributed by atoms with Crippen molar-refractivity contribution in [3.63, 3.8) is 0 Å². The van der Waals surface area contributed by atoms with Crippen molar-refractivity contribution >= 4 is 0 Å². The fourth-order valence-electron chi connectivity index (χ4n) is 1.59. The molecule has 1 aliphatic heterocycles. The van der Waals surface area contributed by atoms with Crippen LogP contribution in [0.15, 0.2) is 0 Å². The molecular weight excluding hydrogens is 124 g/mol. The van der Waals surface area contributed by atoms with E-state index in [1.807, 2.05) is 0 Å². The third kappa shape index (κ3) is 1.32. The predicted octanol–water partition coefficient (Wildman–Crippen LogP) is 0.346. The molecule has 0 aromatic heterocycles. The Bertz CT molecular complexity index is 120. The standard InChI is InChI=1S/C8H16N2/c1-6-4-9-5-8(6)10-7-2-3-7/h6-10H,2-5H2,1H3/t6-,8-/m1/s1. The van der Waals surface area contributed by atoms with E-state index in [2.05, 4.69) is 17.6 Å². The summed E-state index contributed by atoms with van der Waals surface area (Å²) in [6, 6.07) is 1.62. The van der Waals surface area contributed by atoms with E-state index in [0.29, 0.717) is 0 Å². The summed E-state index contributed by atoms with van der Waals surface area (Å²) in [7, 11) is 0. The second-order valence-electron chi connectivity index (χ2n) is 3.68. The second-order valence-corrected chi connectivity index (χ2v) is 3.68. The normalized spacial score (nSPS) is 40.5. The van der Waals surface area contributed by atoms with Crippen molar-refractivity contribution in [2.45, 2.75) is 31.8 Å². The van der Waals surface area contributed by atoms with Crippen LogP contribution in [0.3, 0.4) is 0 Å². The van der Waals surface area contributed by atoms with Gasteiger partial charge in [0.1, 0.15) is 0 Å². The molecule has 0 spiro atoms. The minimum Gasteiger partial charge on any atom is -0.315 e. The summed E-state index contributed by atoms with van der Waals surface area (Å²) in [5.41, 5.74) is 0. The van der Waals surface area contributed by atoms with E-state index < -0.39 is 0 Å². The van der Waals surface area contributed by atoms with Crippen molar-refractivity contribution in [2.24, 2.45) is 5.92 Å².